The van der Waals surface area contributed by atoms with Gasteiger partial charge in [-0.25, -0.2) is 9.08 Å². The average molecular weight is 516 g/mol. The van der Waals surface area contributed by atoms with Gasteiger partial charge in [0.2, 0.25) is 5.78 Å². The fourth-order valence-electron chi connectivity index (χ4n) is 5.50. The van der Waals surface area contributed by atoms with Crippen molar-refractivity contribution >= 4 is 5.78 Å². The predicted octanol–water partition coefficient (Wildman–Crippen LogP) is 5.59. The maximum Gasteiger partial charge on any atom is 0.263 e. The van der Waals surface area contributed by atoms with Crippen molar-refractivity contribution < 1.29 is 4.74 Å². The lowest BCUT2D eigenvalue weighted by Gasteiger charge is -2.16. The Morgan fingerprint density at radius 2 is 1.90 bits per heavy atom. The van der Waals surface area contributed by atoms with Crippen molar-refractivity contribution in [2.75, 3.05) is 0 Å². The number of ether oxygens (including phenoxy) is 1. The molecule has 7 heteroatoms. The first kappa shape index (κ1) is 24.6. The predicted molar refractivity (Wildman–Crippen MR) is 151 cm³/mol. The second-order valence-electron chi connectivity index (χ2n) is 10.1. The van der Waals surface area contributed by atoms with Gasteiger partial charge in [-0.2, -0.15) is 15.3 Å². The molecule has 1 atom stereocenters. The molecule has 0 N–H and O–H groups in total. The van der Waals surface area contributed by atoms with Gasteiger partial charge in [0.05, 0.1) is 23.0 Å². The summed E-state index contributed by atoms with van der Waals surface area (Å²) in [5.74, 6) is 2.02. The summed E-state index contributed by atoms with van der Waals surface area (Å²) in [6.07, 6.45) is 2.99. The Labute approximate surface area is 227 Å². The average Bonchev–Trinajstić information content (AvgIpc) is 3.51. The Bertz CT molecular complexity index is 1810. The van der Waals surface area contributed by atoms with Gasteiger partial charge in [0.15, 0.2) is 0 Å². The SMILES string of the molecule is CCCc1c(Cc2ccc(-c3ccccc3C#N)cc2)c(=O)n(-c2ccc3c(c2)CC(C)O3)c2nc(C)nn12. The van der Waals surface area contributed by atoms with Crippen LogP contribution in [0.2, 0.25) is 0 Å². The number of fused-ring (bicyclic) bond motifs is 2. The van der Waals surface area contributed by atoms with Crippen molar-refractivity contribution in [2.45, 2.75) is 52.6 Å². The van der Waals surface area contributed by atoms with Gasteiger partial charge in [0.25, 0.3) is 5.56 Å². The van der Waals surface area contributed by atoms with Crippen LogP contribution in [0.3, 0.4) is 0 Å². The highest BCUT2D eigenvalue weighted by Gasteiger charge is 2.23. The van der Waals surface area contributed by atoms with Crippen LogP contribution in [0.4, 0.5) is 0 Å². The molecule has 0 saturated heterocycles. The standard InChI is InChI=1S/C32H29N5O2/c1-4-7-29-28(17-22-10-12-23(13-11-22)27-9-6-5-8-24(27)19-33)31(38)36(32-34-21(3)35-37(29)32)26-14-15-30-25(18-26)16-20(2)39-30/h5-6,8-15,18,20H,4,7,16-17H2,1-3H3. The molecule has 1 aliphatic rings. The first-order valence-corrected chi connectivity index (χ1v) is 13.4. The third-order valence-electron chi connectivity index (χ3n) is 7.28. The van der Waals surface area contributed by atoms with E-state index in [2.05, 4.69) is 18.0 Å². The number of aromatic nitrogens is 4. The number of benzene rings is 3. The molecule has 1 aliphatic heterocycles. The molecule has 3 aromatic carbocycles. The van der Waals surface area contributed by atoms with Crippen LogP contribution >= 0.6 is 0 Å². The van der Waals surface area contributed by atoms with Gasteiger partial charge < -0.3 is 4.74 Å². The highest BCUT2D eigenvalue weighted by Crippen LogP contribution is 2.31. The third kappa shape index (κ3) is 4.38. The van der Waals surface area contributed by atoms with Crippen LogP contribution < -0.4 is 10.3 Å². The minimum Gasteiger partial charge on any atom is -0.490 e. The van der Waals surface area contributed by atoms with Crippen LogP contribution in [0.15, 0.2) is 71.5 Å². The smallest absolute Gasteiger partial charge is 0.263 e. The summed E-state index contributed by atoms with van der Waals surface area (Å²) in [4.78, 5) is 18.9. The second-order valence-corrected chi connectivity index (χ2v) is 10.1. The van der Waals surface area contributed by atoms with Gasteiger partial charge in [0, 0.05) is 18.4 Å². The zero-order valence-electron chi connectivity index (χ0n) is 22.3. The molecule has 39 heavy (non-hydrogen) atoms. The monoisotopic (exact) mass is 515 g/mol. The fourth-order valence-corrected chi connectivity index (χ4v) is 5.50. The van der Waals surface area contributed by atoms with E-state index in [1.807, 2.05) is 85.1 Å². The molecule has 5 aromatic rings. The Kier molecular flexibility index (Phi) is 6.24. The van der Waals surface area contributed by atoms with E-state index in [9.17, 15) is 10.1 Å². The lowest BCUT2D eigenvalue weighted by atomic mass is 9.97. The van der Waals surface area contributed by atoms with Crippen molar-refractivity contribution in [3.8, 4) is 28.6 Å². The summed E-state index contributed by atoms with van der Waals surface area (Å²) >= 11 is 0. The quantitative estimate of drug-likeness (QED) is 0.294. The van der Waals surface area contributed by atoms with Crippen LogP contribution in [0.1, 0.15) is 54.0 Å². The van der Waals surface area contributed by atoms with Crippen molar-refractivity contribution in [3.05, 3.63) is 111 Å². The molecule has 0 amide bonds. The van der Waals surface area contributed by atoms with E-state index in [-0.39, 0.29) is 11.7 Å². The number of nitriles is 1. The molecular formula is C32H29N5O2. The lowest BCUT2D eigenvalue weighted by molar-refractivity contribution is 0.254. The van der Waals surface area contributed by atoms with Crippen LogP contribution in [-0.2, 0) is 19.3 Å². The molecular weight excluding hydrogens is 486 g/mol. The van der Waals surface area contributed by atoms with Crippen molar-refractivity contribution in [1.29, 1.82) is 5.26 Å². The Balaban J connectivity index is 1.48. The summed E-state index contributed by atoms with van der Waals surface area (Å²) in [5, 5.41) is 14.2. The maximum atomic E-state index is 14.2. The van der Waals surface area contributed by atoms with Crippen molar-refractivity contribution in [3.63, 3.8) is 0 Å². The van der Waals surface area contributed by atoms with Gasteiger partial charge in [-0.05, 0) is 66.8 Å². The van der Waals surface area contributed by atoms with Gasteiger partial charge in [0.1, 0.15) is 17.7 Å². The normalized spacial score (nSPS) is 14.3. The molecule has 0 bridgehead atoms. The molecule has 0 aliphatic carbocycles. The number of hydrogen-bond donors (Lipinski definition) is 0. The molecule has 0 spiro atoms. The molecule has 194 valence electrons. The largest absolute Gasteiger partial charge is 0.490 e. The molecule has 7 nitrogen and oxygen atoms in total. The van der Waals surface area contributed by atoms with Gasteiger partial charge in [-0.15, -0.1) is 0 Å². The van der Waals surface area contributed by atoms with E-state index in [4.69, 9.17) is 9.84 Å². The molecule has 2 aromatic heterocycles. The zero-order valence-corrected chi connectivity index (χ0v) is 22.3. The maximum absolute atomic E-state index is 14.2. The Morgan fingerprint density at radius 1 is 1.10 bits per heavy atom. The molecule has 3 heterocycles. The number of nitrogens with zero attached hydrogens (tertiary/aromatic N) is 5. The van der Waals surface area contributed by atoms with E-state index < -0.39 is 0 Å². The minimum atomic E-state index is -0.0795. The van der Waals surface area contributed by atoms with Crippen LogP contribution in [0, 0.1) is 18.3 Å². The van der Waals surface area contributed by atoms with Crippen LogP contribution in [0.5, 0.6) is 5.75 Å². The third-order valence-corrected chi connectivity index (χ3v) is 7.28. The van der Waals surface area contributed by atoms with E-state index >= 15 is 0 Å². The summed E-state index contributed by atoms with van der Waals surface area (Å²) in [6.45, 7) is 6.01. The van der Waals surface area contributed by atoms with E-state index in [1.165, 1.54) is 0 Å². The molecule has 0 fully saturated rings. The van der Waals surface area contributed by atoms with Crippen molar-refractivity contribution in [1.82, 2.24) is 19.2 Å². The number of rotatable bonds is 6. The number of hydrogen-bond acceptors (Lipinski definition) is 5. The van der Waals surface area contributed by atoms with Gasteiger partial charge in [-0.3, -0.25) is 4.79 Å². The van der Waals surface area contributed by atoms with Crippen LogP contribution in [0.25, 0.3) is 22.6 Å². The molecule has 0 radical (unpaired) electrons. The molecule has 6 rings (SSSR count). The Morgan fingerprint density at radius 3 is 2.67 bits per heavy atom. The Hall–Kier alpha value is -4.70. The van der Waals surface area contributed by atoms with Crippen molar-refractivity contribution in [2.24, 2.45) is 0 Å². The first-order valence-electron chi connectivity index (χ1n) is 13.4. The first-order chi connectivity index (χ1) is 19.0. The minimum absolute atomic E-state index is 0.0795. The molecule has 0 saturated carbocycles. The van der Waals surface area contributed by atoms with E-state index in [0.29, 0.717) is 35.6 Å². The summed E-state index contributed by atoms with van der Waals surface area (Å²) in [6, 6.07) is 23.9. The summed E-state index contributed by atoms with van der Waals surface area (Å²) in [5.41, 5.74) is 6.91. The van der Waals surface area contributed by atoms with E-state index in [1.54, 1.807) is 4.57 Å². The summed E-state index contributed by atoms with van der Waals surface area (Å²) < 4.78 is 9.43. The lowest BCUT2D eigenvalue weighted by Crippen LogP contribution is -2.28. The van der Waals surface area contributed by atoms with Gasteiger partial charge in [-0.1, -0.05) is 55.8 Å². The topological polar surface area (TPSA) is 85.2 Å². The second kappa shape index (κ2) is 9.88. The molecule has 1 unspecified atom stereocenters. The fraction of sp³-hybridized carbons (Fsp3) is 0.250. The highest BCUT2D eigenvalue weighted by molar-refractivity contribution is 5.70. The zero-order chi connectivity index (χ0) is 27.1. The summed E-state index contributed by atoms with van der Waals surface area (Å²) in [7, 11) is 0. The van der Waals surface area contributed by atoms with E-state index in [0.717, 1.165) is 52.2 Å². The van der Waals surface area contributed by atoms with Crippen LogP contribution in [-0.4, -0.2) is 25.3 Å². The van der Waals surface area contributed by atoms with Gasteiger partial charge >= 0.3 is 0 Å². The highest BCUT2D eigenvalue weighted by atomic mass is 16.5. The number of aryl methyl sites for hydroxylation is 2.